The molecule has 6 heteroatoms. The lowest BCUT2D eigenvalue weighted by Crippen LogP contribution is -2.58. The van der Waals surface area contributed by atoms with Gasteiger partial charge in [-0.3, -0.25) is 9.69 Å². The van der Waals surface area contributed by atoms with Crippen LogP contribution in [0.3, 0.4) is 0 Å². The fraction of sp³-hybridized carbons (Fsp3) is 0.611. The maximum Gasteiger partial charge on any atom is 0.254 e. The predicted octanol–water partition coefficient (Wildman–Crippen LogP) is 3.48. The standard InChI is InChI=1S/C18H27Cl2N3O/c1-13-11-22(12-14(2)23(13)9-5-8-21(3)4)18(24)15-6-7-16(19)17(20)10-15/h6-7,10,13-14H,5,8-9,11-12H2,1-4H3. The Bertz CT molecular complexity index is 567. The van der Waals surface area contributed by atoms with E-state index in [1.54, 1.807) is 18.2 Å². The van der Waals surface area contributed by atoms with Crippen molar-refractivity contribution in [1.82, 2.24) is 14.7 Å². The van der Waals surface area contributed by atoms with E-state index in [0.29, 0.717) is 27.7 Å². The van der Waals surface area contributed by atoms with Crippen LogP contribution in [0.2, 0.25) is 10.0 Å². The molecule has 1 saturated heterocycles. The van der Waals surface area contributed by atoms with E-state index in [4.69, 9.17) is 23.2 Å². The molecule has 134 valence electrons. The van der Waals surface area contributed by atoms with Gasteiger partial charge in [-0.25, -0.2) is 0 Å². The molecule has 1 aromatic rings. The Morgan fingerprint density at radius 2 is 1.79 bits per heavy atom. The molecule has 2 unspecified atom stereocenters. The van der Waals surface area contributed by atoms with Crippen LogP contribution < -0.4 is 0 Å². The first-order chi connectivity index (χ1) is 11.3. The average Bonchev–Trinajstić information content (AvgIpc) is 2.51. The number of halogens is 2. The van der Waals surface area contributed by atoms with Crippen molar-refractivity contribution in [2.75, 3.05) is 40.3 Å². The maximum atomic E-state index is 12.8. The van der Waals surface area contributed by atoms with Crippen molar-refractivity contribution in [3.8, 4) is 0 Å². The van der Waals surface area contributed by atoms with Gasteiger partial charge >= 0.3 is 0 Å². The van der Waals surface area contributed by atoms with Crippen molar-refractivity contribution in [2.45, 2.75) is 32.4 Å². The molecule has 0 spiro atoms. The molecule has 0 aliphatic carbocycles. The highest BCUT2D eigenvalue weighted by Crippen LogP contribution is 2.24. The molecule has 4 nitrogen and oxygen atoms in total. The first kappa shape index (κ1) is 19.5. The summed E-state index contributed by atoms with van der Waals surface area (Å²) in [6.45, 7) is 8.02. The van der Waals surface area contributed by atoms with Gasteiger partial charge in [-0.1, -0.05) is 23.2 Å². The minimum atomic E-state index is 0.0280. The Morgan fingerprint density at radius 3 is 2.33 bits per heavy atom. The van der Waals surface area contributed by atoms with E-state index in [1.165, 1.54) is 0 Å². The summed E-state index contributed by atoms with van der Waals surface area (Å²) in [5.74, 6) is 0.0280. The summed E-state index contributed by atoms with van der Waals surface area (Å²) in [5, 5.41) is 0.895. The highest BCUT2D eigenvalue weighted by molar-refractivity contribution is 6.42. The van der Waals surface area contributed by atoms with Crippen LogP contribution in [0, 0.1) is 0 Å². The highest BCUT2D eigenvalue weighted by Gasteiger charge is 2.31. The first-order valence-electron chi connectivity index (χ1n) is 8.44. The number of piperazine rings is 1. The van der Waals surface area contributed by atoms with E-state index in [9.17, 15) is 4.79 Å². The molecular formula is C18H27Cl2N3O. The van der Waals surface area contributed by atoms with E-state index in [-0.39, 0.29) is 5.91 Å². The van der Waals surface area contributed by atoms with Crippen LogP contribution in [0.4, 0.5) is 0 Å². The second kappa shape index (κ2) is 8.52. The van der Waals surface area contributed by atoms with Crippen LogP contribution in [0.15, 0.2) is 18.2 Å². The van der Waals surface area contributed by atoms with E-state index < -0.39 is 0 Å². The third-order valence-corrected chi connectivity index (χ3v) is 5.32. The zero-order chi connectivity index (χ0) is 17.9. The molecule has 1 aromatic carbocycles. The Balaban J connectivity index is 1.99. The third kappa shape index (κ3) is 4.85. The summed E-state index contributed by atoms with van der Waals surface area (Å²) in [5.41, 5.74) is 0.602. The monoisotopic (exact) mass is 371 g/mol. The summed E-state index contributed by atoms with van der Waals surface area (Å²) in [6.07, 6.45) is 1.14. The molecular weight excluding hydrogens is 345 g/mol. The second-order valence-electron chi connectivity index (χ2n) is 6.93. The minimum Gasteiger partial charge on any atom is -0.336 e. The topological polar surface area (TPSA) is 26.8 Å². The molecule has 1 aliphatic rings. The van der Waals surface area contributed by atoms with Gasteiger partial charge in [-0.15, -0.1) is 0 Å². The summed E-state index contributed by atoms with van der Waals surface area (Å²) in [4.78, 5) is 19.4. The average molecular weight is 372 g/mol. The van der Waals surface area contributed by atoms with Gasteiger partial charge in [-0.2, -0.15) is 0 Å². The summed E-state index contributed by atoms with van der Waals surface area (Å²) >= 11 is 12.0. The Kier molecular flexibility index (Phi) is 6.93. The van der Waals surface area contributed by atoms with Crippen LogP contribution >= 0.6 is 23.2 Å². The lowest BCUT2D eigenvalue weighted by atomic mass is 10.1. The maximum absolute atomic E-state index is 12.8. The molecule has 0 aromatic heterocycles. The number of nitrogens with zero attached hydrogens (tertiary/aromatic N) is 3. The Hall–Kier alpha value is -0.810. The molecule has 1 heterocycles. The molecule has 0 saturated carbocycles. The van der Waals surface area contributed by atoms with Crippen molar-refractivity contribution < 1.29 is 4.79 Å². The van der Waals surface area contributed by atoms with Gasteiger partial charge in [0.15, 0.2) is 0 Å². The fourth-order valence-electron chi connectivity index (χ4n) is 3.34. The molecule has 2 atom stereocenters. The normalized spacial score (nSPS) is 22.2. The number of rotatable bonds is 5. The van der Waals surface area contributed by atoms with Crippen LogP contribution in [0.25, 0.3) is 0 Å². The van der Waals surface area contributed by atoms with E-state index in [1.807, 2.05) is 4.90 Å². The zero-order valence-electron chi connectivity index (χ0n) is 14.9. The van der Waals surface area contributed by atoms with Gasteiger partial charge in [-0.05, 0) is 59.1 Å². The lowest BCUT2D eigenvalue weighted by Gasteiger charge is -2.44. The number of carbonyl (C=O) groups excluding carboxylic acids is 1. The molecule has 0 bridgehead atoms. The van der Waals surface area contributed by atoms with Crippen molar-refractivity contribution in [3.63, 3.8) is 0 Å². The molecule has 0 radical (unpaired) electrons. The zero-order valence-corrected chi connectivity index (χ0v) is 16.4. The summed E-state index contributed by atoms with van der Waals surface area (Å²) in [7, 11) is 4.20. The number of hydrogen-bond donors (Lipinski definition) is 0. The lowest BCUT2D eigenvalue weighted by molar-refractivity contribution is 0.0295. The van der Waals surface area contributed by atoms with E-state index in [0.717, 1.165) is 32.6 Å². The fourth-order valence-corrected chi connectivity index (χ4v) is 3.64. The Morgan fingerprint density at radius 1 is 1.17 bits per heavy atom. The predicted molar refractivity (Wildman–Crippen MR) is 101 cm³/mol. The van der Waals surface area contributed by atoms with Gasteiger partial charge in [0.25, 0.3) is 5.91 Å². The van der Waals surface area contributed by atoms with Gasteiger partial charge in [0.1, 0.15) is 0 Å². The first-order valence-corrected chi connectivity index (χ1v) is 9.20. The number of benzene rings is 1. The van der Waals surface area contributed by atoms with Crippen LogP contribution in [0.5, 0.6) is 0 Å². The van der Waals surface area contributed by atoms with Gasteiger partial charge in [0.2, 0.25) is 0 Å². The number of carbonyl (C=O) groups is 1. The van der Waals surface area contributed by atoms with Crippen molar-refractivity contribution in [3.05, 3.63) is 33.8 Å². The largest absolute Gasteiger partial charge is 0.336 e. The van der Waals surface area contributed by atoms with E-state index in [2.05, 4.69) is 37.7 Å². The SMILES string of the molecule is CC1CN(C(=O)c2ccc(Cl)c(Cl)c2)CC(C)N1CCCN(C)C. The summed E-state index contributed by atoms with van der Waals surface area (Å²) in [6, 6.07) is 5.78. The quantitative estimate of drug-likeness (QED) is 0.792. The Labute approximate surface area is 155 Å². The molecule has 1 fully saturated rings. The number of amides is 1. The second-order valence-corrected chi connectivity index (χ2v) is 7.75. The summed E-state index contributed by atoms with van der Waals surface area (Å²) < 4.78 is 0. The minimum absolute atomic E-state index is 0.0280. The van der Waals surface area contributed by atoms with Crippen molar-refractivity contribution in [2.24, 2.45) is 0 Å². The number of hydrogen-bond acceptors (Lipinski definition) is 3. The molecule has 24 heavy (non-hydrogen) atoms. The highest BCUT2D eigenvalue weighted by atomic mass is 35.5. The molecule has 0 N–H and O–H groups in total. The van der Waals surface area contributed by atoms with Gasteiger partial charge in [0, 0.05) is 37.3 Å². The van der Waals surface area contributed by atoms with Crippen LogP contribution in [0.1, 0.15) is 30.6 Å². The van der Waals surface area contributed by atoms with Crippen LogP contribution in [-0.4, -0.2) is 73.0 Å². The molecule has 1 amide bonds. The van der Waals surface area contributed by atoms with Crippen molar-refractivity contribution >= 4 is 29.1 Å². The molecule has 1 aliphatic heterocycles. The van der Waals surface area contributed by atoms with Crippen LogP contribution in [-0.2, 0) is 0 Å². The van der Waals surface area contributed by atoms with Gasteiger partial charge in [0.05, 0.1) is 10.0 Å². The molecule has 2 rings (SSSR count). The van der Waals surface area contributed by atoms with Gasteiger partial charge < -0.3 is 9.80 Å². The third-order valence-electron chi connectivity index (χ3n) is 4.58. The van der Waals surface area contributed by atoms with E-state index >= 15 is 0 Å². The van der Waals surface area contributed by atoms with Crippen molar-refractivity contribution in [1.29, 1.82) is 0 Å². The smallest absolute Gasteiger partial charge is 0.254 e.